The molecule has 0 aliphatic carbocycles. The van der Waals surface area contributed by atoms with E-state index in [1.54, 1.807) is 19.3 Å². The van der Waals surface area contributed by atoms with Gasteiger partial charge < -0.3 is 20.3 Å². The average Bonchev–Trinajstić information content (AvgIpc) is 2.80. The van der Waals surface area contributed by atoms with Crippen molar-refractivity contribution in [1.82, 2.24) is 20.9 Å². The molecule has 9 nitrogen and oxygen atoms in total. The number of nitrogens with one attached hydrogen (secondary N) is 3. The van der Waals surface area contributed by atoms with Gasteiger partial charge in [-0.15, -0.1) is 0 Å². The molecule has 0 saturated carbocycles. The quantitative estimate of drug-likeness (QED) is 0.245. The van der Waals surface area contributed by atoms with Crippen LogP contribution in [-0.4, -0.2) is 49.9 Å². The van der Waals surface area contributed by atoms with E-state index >= 15 is 0 Å². The first-order valence-corrected chi connectivity index (χ1v) is 10.9. The number of urea groups is 1. The fourth-order valence-corrected chi connectivity index (χ4v) is 1.47. The standard InChI is InChI=1S/C15H23NO2.C5H8N2O2.C3H7NO.C2H6/c1-6-7-8-14(12(2)3)15(18-11-17)9-10-16-13(4)5;1-3-7(2)5(9)6-4-8;1-3(5)4-2;1-2/h7-11,13,16H,2,6H2,1,3-5H3;3-4H,1H2,2H3,(H,6,8,9);1-2H3,(H,4,5);1-2H3/b8-7+,10-9+,15-14-;;;. The third-order valence-electron chi connectivity index (χ3n) is 3.21. The Kier molecular flexibility index (Phi) is 30.4. The molecule has 0 bridgehead atoms. The van der Waals surface area contributed by atoms with Gasteiger partial charge in [-0.25, -0.2) is 4.79 Å². The van der Waals surface area contributed by atoms with Gasteiger partial charge in [0.2, 0.25) is 12.3 Å². The van der Waals surface area contributed by atoms with Crippen LogP contribution in [0.15, 0.2) is 60.7 Å². The van der Waals surface area contributed by atoms with Gasteiger partial charge in [-0.1, -0.05) is 46.1 Å². The molecule has 0 aromatic rings. The smallest absolute Gasteiger partial charge is 0.327 e. The van der Waals surface area contributed by atoms with Gasteiger partial charge in [0.15, 0.2) is 0 Å². The Hall–Kier alpha value is -3.62. The molecular formula is C25H44N4O5. The number of ether oxygens (including phenoxy) is 1. The van der Waals surface area contributed by atoms with Gasteiger partial charge in [-0.3, -0.25) is 19.7 Å². The van der Waals surface area contributed by atoms with Crippen LogP contribution in [0.3, 0.4) is 0 Å². The topological polar surface area (TPSA) is 117 Å². The zero-order valence-electron chi connectivity index (χ0n) is 22.2. The predicted molar refractivity (Wildman–Crippen MR) is 139 cm³/mol. The highest BCUT2D eigenvalue weighted by Gasteiger charge is 2.04. The first kappa shape index (κ1) is 37.7. The van der Waals surface area contributed by atoms with Crippen molar-refractivity contribution in [3.8, 4) is 0 Å². The molecule has 9 heteroatoms. The molecule has 4 amide bonds. The van der Waals surface area contributed by atoms with Crippen molar-refractivity contribution >= 4 is 24.8 Å². The van der Waals surface area contributed by atoms with Crippen LogP contribution in [-0.2, 0) is 19.1 Å². The monoisotopic (exact) mass is 480 g/mol. The van der Waals surface area contributed by atoms with E-state index in [1.807, 2.05) is 59.0 Å². The number of hydrogen-bond acceptors (Lipinski definition) is 6. The Bertz CT molecular complexity index is 695. The average molecular weight is 481 g/mol. The molecule has 3 N–H and O–H groups in total. The number of hydrogen-bond donors (Lipinski definition) is 3. The lowest BCUT2D eigenvalue weighted by Gasteiger charge is -2.08. The third-order valence-corrected chi connectivity index (χ3v) is 3.21. The second kappa shape index (κ2) is 27.4. The summed E-state index contributed by atoms with van der Waals surface area (Å²) in [5.41, 5.74) is 1.68. The molecule has 0 fully saturated rings. The van der Waals surface area contributed by atoms with Crippen LogP contribution in [0, 0.1) is 0 Å². The lowest BCUT2D eigenvalue weighted by atomic mass is 10.1. The molecule has 0 aliphatic rings. The largest absolute Gasteiger partial charge is 0.428 e. The highest BCUT2D eigenvalue weighted by molar-refractivity contribution is 5.84. The number of nitrogens with zero attached hydrogens (tertiary/aromatic N) is 1. The van der Waals surface area contributed by atoms with Crippen molar-refractivity contribution in [2.24, 2.45) is 0 Å². The van der Waals surface area contributed by atoms with Gasteiger partial charge in [-0.05, 0) is 38.8 Å². The zero-order valence-corrected chi connectivity index (χ0v) is 22.2. The summed E-state index contributed by atoms with van der Waals surface area (Å²) in [5, 5.41) is 7.44. The Morgan fingerprint density at radius 3 is 1.97 bits per heavy atom. The van der Waals surface area contributed by atoms with E-state index in [2.05, 4.69) is 23.8 Å². The minimum absolute atomic E-state index is 0.00463. The molecule has 0 radical (unpaired) electrons. The fraction of sp³-hybridized carbons (Fsp3) is 0.440. The Balaban J connectivity index is -0.000000233. The van der Waals surface area contributed by atoms with E-state index in [0.29, 0.717) is 24.7 Å². The van der Waals surface area contributed by atoms with Crippen molar-refractivity contribution in [3.05, 3.63) is 60.7 Å². The van der Waals surface area contributed by atoms with Gasteiger partial charge in [0.1, 0.15) is 5.76 Å². The molecule has 34 heavy (non-hydrogen) atoms. The summed E-state index contributed by atoms with van der Waals surface area (Å²) in [6, 6.07) is -0.154. The lowest BCUT2D eigenvalue weighted by Crippen LogP contribution is -2.32. The van der Waals surface area contributed by atoms with E-state index < -0.39 is 6.03 Å². The first-order chi connectivity index (χ1) is 16.0. The fourth-order valence-electron chi connectivity index (χ4n) is 1.47. The van der Waals surface area contributed by atoms with E-state index in [1.165, 1.54) is 20.2 Å². The number of imide groups is 1. The van der Waals surface area contributed by atoms with Gasteiger partial charge in [-0.2, -0.15) is 0 Å². The number of allylic oxidation sites excluding steroid dienone is 5. The van der Waals surface area contributed by atoms with Crippen molar-refractivity contribution in [2.75, 3.05) is 14.1 Å². The first-order valence-electron chi connectivity index (χ1n) is 10.9. The summed E-state index contributed by atoms with van der Waals surface area (Å²) >= 11 is 0. The molecule has 0 unspecified atom stereocenters. The molecule has 0 saturated heterocycles. The molecule has 0 heterocycles. The van der Waals surface area contributed by atoms with Gasteiger partial charge in [0, 0.05) is 45.0 Å². The SMILES string of the molecule is C=C(C)C(/C=C/CC)=C(/C=C/NC(C)C)OC=O.C=CN(C)C(=O)NC=O.CC.CNC(C)=O. The summed E-state index contributed by atoms with van der Waals surface area (Å²) in [7, 11) is 3.09. The van der Waals surface area contributed by atoms with E-state index in [-0.39, 0.29) is 5.91 Å². The molecule has 0 aliphatic heterocycles. The highest BCUT2D eigenvalue weighted by Crippen LogP contribution is 2.17. The molecule has 0 aromatic carbocycles. The minimum atomic E-state index is -0.486. The molecule has 194 valence electrons. The molecule has 0 spiro atoms. The maximum Gasteiger partial charge on any atom is 0.327 e. The van der Waals surface area contributed by atoms with Gasteiger partial charge in [0.05, 0.1) is 0 Å². The van der Waals surface area contributed by atoms with E-state index in [0.717, 1.165) is 22.5 Å². The normalized spacial score (nSPS) is 10.1. The third kappa shape index (κ3) is 26.4. The van der Waals surface area contributed by atoms with E-state index in [4.69, 9.17) is 4.74 Å². The summed E-state index contributed by atoms with van der Waals surface area (Å²) in [6.07, 6.45) is 9.97. The number of amides is 4. The highest BCUT2D eigenvalue weighted by atomic mass is 16.5. The molecule has 0 aromatic heterocycles. The maximum absolute atomic E-state index is 10.5. The molecular weight excluding hydrogens is 436 g/mol. The Morgan fingerprint density at radius 2 is 1.65 bits per heavy atom. The van der Waals surface area contributed by atoms with Crippen molar-refractivity contribution in [3.63, 3.8) is 0 Å². The predicted octanol–water partition coefficient (Wildman–Crippen LogP) is 4.17. The second-order valence-corrected chi connectivity index (χ2v) is 6.40. The van der Waals surface area contributed by atoms with Crippen LogP contribution in [0.25, 0.3) is 0 Å². The van der Waals surface area contributed by atoms with Crippen molar-refractivity contribution < 1.29 is 23.9 Å². The minimum Gasteiger partial charge on any atom is -0.428 e. The summed E-state index contributed by atoms with van der Waals surface area (Å²) in [5.74, 6) is 0.500. The summed E-state index contributed by atoms with van der Waals surface area (Å²) in [6.45, 7) is 21.1. The maximum atomic E-state index is 10.5. The zero-order chi connectivity index (χ0) is 27.5. The van der Waals surface area contributed by atoms with Gasteiger partial charge in [0.25, 0.3) is 6.47 Å². The van der Waals surface area contributed by atoms with Crippen LogP contribution in [0.1, 0.15) is 54.9 Å². The van der Waals surface area contributed by atoms with Crippen LogP contribution in [0.2, 0.25) is 0 Å². The van der Waals surface area contributed by atoms with Gasteiger partial charge >= 0.3 is 6.03 Å². The van der Waals surface area contributed by atoms with Crippen LogP contribution < -0.4 is 16.0 Å². The van der Waals surface area contributed by atoms with Crippen LogP contribution >= 0.6 is 0 Å². The number of carbonyl (C=O) groups is 4. The van der Waals surface area contributed by atoms with Crippen molar-refractivity contribution in [2.45, 2.75) is 60.9 Å². The lowest BCUT2D eigenvalue weighted by molar-refractivity contribution is -0.124. The van der Waals surface area contributed by atoms with Crippen molar-refractivity contribution in [1.29, 1.82) is 0 Å². The number of rotatable bonds is 10. The summed E-state index contributed by atoms with van der Waals surface area (Å²) < 4.78 is 5.00. The van der Waals surface area contributed by atoms with E-state index in [9.17, 15) is 19.2 Å². The van der Waals surface area contributed by atoms with Crippen LogP contribution in [0.4, 0.5) is 4.79 Å². The molecule has 0 atom stereocenters. The Labute approximate surface area is 205 Å². The molecule has 0 rings (SSSR count). The Morgan fingerprint density at radius 1 is 1.12 bits per heavy atom. The van der Waals surface area contributed by atoms with Crippen LogP contribution in [0.5, 0.6) is 0 Å². The number of carbonyl (C=O) groups excluding carboxylic acids is 4. The second-order valence-electron chi connectivity index (χ2n) is 6.40. The summed E-state index contributed by atoms with van der Waals surface area (Å²) in [4.78, 5) is 41.5.